The zero-order valence-electron chi connectivity index (χ0n) is 44.9. The first-order valence-corrected chi connectivity index (χ1v) is 28.9. The van der Waals surface area contributed by atoms with E-state index in [1.165, 1.54) is 141 Å². The van der Waals surface area contributed by atoms with Crippen LogP contribution in [0.2, 0.25) is 0 Å². The molecule has 0 aliphatic carbocycles. The second kappa shape index (κ2) is 56.4. The normalized spacial score (nSPS) is 12.6. The lowest BCUT2D eigenvalue weighted by atomic mass is 10.1. The summed E-state index contributed by atoms with van der Waals surface area (Å²) in [6, 6.07) is 0. The van der Waals surface area contributed by atoms with Crippen molar-refractivity contribution in [2.24, 2.45) is 0 Å². The Balaban J connectivity index is 4.42. The first kappa shape index (κ1) is 64.8. The fourth-order valence-electron chi connectivity index (χ4n) is 8.07. The maximum absolute atomic E-state index is 12.9. The maximum Gasteiger partial charge on any atom is 0.306 e. The molecule has 0 spiro atoms. The van der Waals surface area contributed by atoms with Gasteiger partial charge >= 0.3 is 17.9 Å². The molecule has 0 heterocycles. The van der Waals surface area contributed by atoms with E-state index >= 15 is 0 Å². The van der Waals surface area contributed by atoms with Gasteiger partial charge in [-0.3, -0.25) is 14.4 Å². The lowest BCUT2D eigenvalue weighted by molar-refractivity contribution is -0.167. The molecule has 0 saturated heterocycles. The summed E-state index contributed by atoms with van der Waals surface area (Å²) in [6.07, 6.45) is 71.7. The Labute approximate surface area is 421 Å². The van der Waals surface area contributed by atoms with Crippen molar-refractivity contribution in [2.45, 2.75) is 290 Å². The Morgan fingerprint density at radius 1 is 0.309 bits per heavy atom. The van der Waals surface area contributed by atoms with E-state index in [1.54, 1.807) is 0 Å². The van der Waals surface area contributed by atoms with Crippen molar-refractivity contribution in [3.8, 4) is 0 Å². The molecule has 0 rings (SSSR count). The molecule has 68 heavy (non-hydrogen) atoms. The summed E-state index contributed by atoms with van der Waals surface area (Å²) in [4.78, 5) is 38.2. The molecule has 0 N–H and O–H groups in total. The Kier molecular flexibility index (Phi) is 53.8. The molecule has 1 atom stereocenters. The number of ether oxygens (including phenoxy) is 3. The number of carbonyl (C=O) groups is 3. The Bertz CT molecular complexity index is 1270. The van der Waals surface area contributed by atoms with Gasteiger partial charge in [0, 0.05) is 19.3 Å². The van der Waals surface area contributed by atoms with E-state index in [9.17, 15) is 14.4 Å². The summed E-state index contributed by atoms with van der Waals surface area (Å²) >= 11 is 0. The third-order valence-electron chi connectivity index (χ3n) is 12.4. The molecule has 0 aliphatic heterocycles. The van der Waals surface area contributed by atoms with Crippen LogP contribution in [0.3, 0.4) is 0 Å². The molecule has 6 nitrogen and oxygen atoms in total. The number of allylic oxidation sites excluding steroid dienone is 12. The first-order valence-electron chi connectivity index (χ1n) is 28.9. The molecule has 0 amide bonds. The van der Waals surface area contributed by atoms with E-state index in [0.717, 1.165) is 103 Å². The van der Waals surface area contributed by atoms with Crippen molar-refractivity contribution < 1.29 is 28.6 Å². The second-order valence-electron chi connectivity index (χ2n) is 19.2. The number of carbonyl (C=O) groups excluding carboxylic acids is 3. The number of esters is 3. The van der Waals surface area contributed by atoms with Crippen LogP contribution in [0.15, 0.2) is 72.9 Å². The Hall–Kier alpha value is -3.15. The summed E-state index contributed by atoms with van der Waals surface area (Å²) in [5.41, 5.74) is 0. The number of hydrogen-bond acceptors (Lipinski definition) is 6. The maximum atomic E-state index is 12.9. The van der Waals surface area contributed by atoms with Gasteiger partial charge in [0.1, 0.15) is 13.2 Å². The molecule has 0 saturated carbocycles. The summed E-state index contributed by atoms with van der Waals surface area (Å²) in [7, 11) is 0. The molecule has 0 aromatic carbocycles. The van der Waals surface area contributed by atoms with E-state index in [0.29, 0.717) is 19.3 Å². The van der Waals surface area contributed by atoms with Gasteiger partial charge in [-0.15, -0.1) is 0 Å². The molecular formula is C62H108O6. The fraction of sp³-hybridized carbons (Fsp3) is 0.758. The molecule has 6 heteroatoms. The Morgan fingerprint density at radius 2 is 0.574 bits per heavy atom. The minimum atomic E-state index is -0.788. The summed E-state index contributed by atoms with van der Waals surface area (Å²) < 4.78 is 16.9. The van der Waals surface area contributed by atoms with Crippen LogP contribution in [0.5, 0.6) is 0 Å². The lowest BCUT2D eigenvalue weighted by Gasteiger charge is -2.18. The van der Waals surface area contributed by atoms with Crippen molar-refractivity contribution in [1.29, 1.82) is 0 Å². The highest BCUT2D eigenvalue weighted by molar-refractivity contribution is 5.71. The fourth-order valence-corrected chi connectivity index (χ4v) is 8.07. The van der Waals surface area contributed by atoms with Gasteiger partial charge < -0.3 is 14.2 Å². The number of rotatable bonds is 52. The third-order valence-corrected chi connectivity index (χ3v) is 12.4. The average Bonchev–Trinajstić information content (AvgIpc) is 3.34. The molecule has 1 unspecified atom stereocenters. The summed E-state index contributed by atoms with van der Waals surface area (Å²) in [5, 5.41) is 0. The van der Waals surface area contributed by atoms with Gasteiger partial charge in [-0.2, -0.15) is 0 Å². The minimum absolute atomic E-state index is 0.0864. The van der Waals surface area contributed by atoms with E-state index in [1.807, 2.05) is 0 Å². The van der Waals surface area contributed by atoms with E-state index < -0.39 is 6.10 Å². The monoisotopic (exact) mass is 949 g/mol. The van der Waals surface area contributed by atoms with Crippen molar-refractivity contribution >= 4 is 17.9 Å². The van der Waals surface area contributed by atoms with Crippen LogP contribution < -0.4 is 0 Å². The molecule has 0 fully saturated rings. The van der Waals surface area contributed by atoms with E-state index in [4.69, 9.17) is 14.2 Å². The molecule has 0 radical (unpaired) electrons. The quantitative estimate of drug-likeness (QED) is 0.0262. The largest absolute Gasteiger partial charge is 0.462 e. The average molecular weight is 950 g/mol. The molecular weight excluding hydrogens is 841 g/mol. The van der Waals surface area contributed by atoms with Gasteiger partial charge in [0.2, 0.25) is 0 Å². The lowest BCUT2D eigenvalue weighted by Crippen LogP contribution is -2.30. The smallest absolute Gasteiger partial charge is 0.306 e. The standard InChI is InChI=1S/C62H108O6/c1-4-7-10-13-16-19-22-25-28-31-34-37-40-43-46-49-52-55-61(64)67-58-59(57-66-60(63)54-51-48-45-42-39-36-33-30-27-24-21-18-15-12-9-6-3)68-62(65)56-53-50-47-44-41-38-35-32-29-26-23-20-17-14-11-8-5-2/h7,10,16,19,21,24-26,28-30,33,59H,4-6,8-9,11-15,17-18,20,22-23,27,31-32,34-58H2,1-3H3/b10-7-,19-16-,24-21-,28-25-,29-26-,33-30-. The molecule has 0 aliphatic rings. The highest BCUT2D eigenvalue weighted by Gasteiger charge is 2.19. The summed E-state index contributed by atoms with van der Waals surface area (Å²) in [5.74, 6) is -0.905. The van der Waals surface area contributed by atoms with Gasteiger partial charge in [0.15, 0.2) is 6.10 Å². The van der Waals surface area contributed by atoms with E-state index in [-0.39, 0.29) is 31.1 Å². The third kappa shape index (κ3) is 53.8. The number of unbranched alkanes of at least 4 members (excludes halogenated alkanes) is 29. The van der Waals surface area contributed by atoms with Crippen LogP contribution in [0.25, 0.3) is 0 Å². The predicted octanol–water partition coefficient (Wildman–Crippen LogP) is 19.4. The zero-order valence-corrected chi connectivity index (χ0v) is 44.9. The Morgan fingerprint density at radius 3 is 0.926 bits per heavy atom. The van der Waals surface area contributed by atoms with Crippen LogP contribution in [0.1, 0.15) is 284 Å². The van der Waals surface area contributed by atoms with Crippen molar-refractivity contribution in [2.75, 3.05) is 13.2 Å². The van der Waals surface area contributed by atoms with Crippen LogP contribution in [0.4, 0.5) is 0 Å². The second-order valence-corrected chi connectivity index (χ2v) is 19.2. The van der Waals surface area contributed by atoms with Crippen LogP contribution >= 0.6 is 0 Å². The van der Waals surface area contributed by atoms with Gasteiger partial charge in [-0.25, -0.2) is 0 Å². The van der Waals surface area contributed by atoms with E-state index in [2.05, 4.69) is 93.7 Å². The van der Waals surface area contributed by atoms with Gasteiger partial charge in [-0.1, -0.05) is 229 Å². The van der Waals surface area contributed by atoms with Gasteiger partial charge in [0.25, 0.3) is 0 Å². The van der Waals surface area contributed by atoms with Gasteiger partial charge in [-0.05, 0) is 109 Å². The van der Waals surface area contributed by atoms with Crippen molar-refractivity contribution in [1.82, 2.24) is 0 Å². The van der Waals surface area contributed by atoms with Crippen molar-refractivity contribution in [3.05, 3.63) is 72.9 Å². The molecule has 392 valence electrons. The van der Waals surface area contributed by atoms with Crippen LogP contribution in [-0.4, -0.2) is 37.2 Å². The highest BCUT2D eigenvalue weighted by atomic mass is 16.6. The summed E-state index contributed by atoms with van der Waals surface area (Å²) in [6.45, 7) is 6.50. The minimum Gasteiger partial charge on any atom is -0.462 e. The van der Waals surface area contributed by atoms with Gasteiger partial charge in [0.05, 0.1) is 0 Å². The van der Waals surface area contributed by atoms with Crippen molar-refractivity contribution in [3.63, 3.8) is 0 Å². The first-order chi connectivity index (χ1) is 33.5. The molecule has 0 bridgehead atoms. The topological polar surface area (TPSA) is 78.9 Å². The predicted molar refractivity (Wildman–Crippen MR) is 293 cm³/mol. The number of hydrogen-bond donors (Lipinski definition) is 0. The SMILES string of the molecule is CC/C=C\C/C=C\C/C=C\CCCCCCCCCC(=O)OCC(COC(=O)CCCCCCC/C=C\C/C=C\CCCCCC)OC(=O)CCCCCCCCC/C=C\CCCCCCCC. The zero-order chi connectivity index (χ0) is 49.3. The molecule has 0 aromatic rings. The van der Waals surface area contributed by atoms with Crippen LogP contribution in [-0.2, 0) is 28.6 Å². The highest BCUT2D eigenvalue weighted by Crippen LogP contribution is 2.15. The molecule has 0 aromatic heterocycles. The van der Waals surface area contributed by atoms with Crippen LogP contribution in [0, 0.1) is 0 Å².